The summed E-state index contributed by atoms with van der Waals surface area (Å²) >= 11 is 0. The summed E-state index contributed by atoms with van der Waals surface area (Å²) in [6, 6.07) is 14.6. The minimum atomic E-state index is 0.162. The van der Waals surface area contributed by atoms with Crippen LogP contribution in [0.4, 0.5) is 11.4 Å². The van der Waals surface area contributed by atoms with Crippen molar-refractivity contribution in [2.75, 3.05) is 18.0 Å². The van der Waals surface area contributed by atoms with E-state index in [2.05, 4.69) is 54.4 Å². The Balaban J connectivity index is 1.90. The zero-order valence-electron chi connectivity index (χ0n) is 12.6. The highest BCUT2D eigenvalue weighted by atomic mass is 16.3. The molecule has 0 saturated carbocycles. The number of para-hydroxylation sites is 1. The second-order valence-electron chi connectivity index (χ2n) is 5.55. The molecule has 1 atom stereocenters. The summed E-state index contributed by atoms with van der Waals surface area (Å²) < 4.78 is 0. The van der Waals surface area contributed by atoms with Crippen molar-refractivity contribution in [2.45, 2.75) is 26.3 Å². The van der Waals surface area contributed by atoms with Gasteiger partial charge in [-0.25, -0.2) is 0 Å². The predicted molar refractivity (Wildman–Crippen MR) is 87.4 cm³/mol. The van der Waals surface area contributed by atoms with Gasteiger partial charge in [-0.05, 0) is 37.6 Å². The van der Waals surface area contributed by atoms with Crippen LogP contribution in [-0.2, 0) is 6.42 Å². The number of hydrogen-bond acceptors (Lipinski definition) is 3. The summed E-state index contributed by atoms with van der Waals surface area (Å²) in [7, 11) is 0. The van der Waals surface area contributed by atoms with Crippen molar-refractivity contribution in [1.29, 1.82) is 0 Å². The van der Waals surface area contributed by atoms with Gasteiger partial charge < -0.3 is 15.3 Å². The maximum atomic E-state index is 10.3. The lowest BCUT2D eigenvalue weighted by atomic mass is 10.1. The third kappa shape index (κ3) is 2.61. The van der Waals surface area contributed by atoms with E-state index in [0.717, 1.165) is 30.8 Å². The Hall–Kier alpha value is -2.00. The molecule has 0 bridgehead atoms. The van der Waals surface area contributed by atoms with Gasteiger partial charge in [0, 0.05) is 35.6 Å². The molecule has 0 aromatic heterocycles. The number of nitrogens with one attached hydrogen (secondary N) is 1. The average molecular weight is 282 g/mol. The van der Waals surface area contributed by atoms with Crippen LogP contribution in [-0.4, -0.2) is 18.2 Å². The number of nitrogens with zero attached hydrogens (tertiary/aromatic N) is 1. The molecule has 110 valence electrons. The molecule has 0 radical (unpaired) electrons. The number of benzene rings is 2. The molecule has 2 N–H and O–H groups in total. The van der Waals surface area contributed by atoms with Crippen molar-refractivity contribution in [3.8, 4) is 5.75 Å². The van der Waals surface area contributed by atoms with Crippen molar-refractivity contribution in [3.63, 3.8) is 0 Å². The lowest BCUT2D eigenvalue weighted by Gasteiger charge is -2.22. The van der Waals surface area contributed by atoms with E-state index in [1.165, 1.54) is 11.3 Å². The maximum Gasteiger partial charge on any atom is 0.122 e. The summed E-state index contributed by atoms with van der Waals surface area (Å²) in [5.74, 6) is 0.366. The molecule has 2 aromatic carbocycles. The topological polar surface area (TPSA) is 35.5 Å². The van der Waals surface area contributed by atoms with Crippen LogP contribution in [0.5, 0.6) is 5.75 Å². The molecule has 1 aliphatic heterocycles. The van der Waals surface area contributed by atoms with Gasteiger partial charge in [0.2, 0.25) is 0 Å². The molecule has 0 saturated heterocycles. The Morgan fingerprint density at radius 2 is 2.05 bits per heavy atom. The molecule has 3 rings (SSSR count). The Bertz CT molecular complexity index is 639. The Labute approximate surface area is 126 Å². The Morgan fingerprint density at radius 1 is 1.24 bits per heavy atom. The highest BCUT2D eigenvalue weighted by molar-refractivity contribution is 5.71. The monoisotopic (exact) mass is 282 g/mol. The van der Waals surface area contributed by atoms with Gasteiger partial charge in [0.1, 0.15) is 5.75 Å². The first-order valence-corrected chi connectivity index (χ1v) is 7.62. The number of anilines is 2. The first-order valence-electron chi connectivity index (χ1n) is 7.62. The van der Waals surface area contributed by atoms with Crippen LogP contribution < -0.4 is 10.2 Å². The molecule has 21 heavy (non-hydrogen) atoms. The van der Waals surface area contributed by atoms with Gasteiger partial charge in [-0.15, -0.1) is 0 Å². The summed E-state index contributed by atoms with van der Waals surface area (Å²) in [5.41, 5.74) is 4.64. The first-order chi connectivity index (χ1) is 10.2. The molecule has 2 aromatic rings. The quantitative estimate of drug-likeness (QED) is 0.896. The molecule has 3 heteroatoms. The third-order valence-corrected chi connectivity index (χ3v) is 4.19. The maximum absolute atomic E-state index is 10.3. The molecular formula is C18H22N2O. The van der Waals surface area contributed by atoms with Crippen LogP contribution in [0.15, 0.2) is 42.5 Å². The first kappa shape index (κ1) is 14.0. The van der Waals surface area contributed by atoms with Crippen molar-refractivity contribution >= 4 is 11.4 Å². The molecule has 1 aliphatic rings. The summed E-state index contributed by atoms with van der Waals surface area (Å²) in [5, 5.41) is 13.7. The Kier molecular flexibility index (Phi) is 3.84. The highest BCUT2D eigenvalue weighted by Crippen LogP contribution is 2.37. The van der Waals surface area contributed by atoms with E-state index in [9.17, 15) is 5.11 Å². The number of rotatable bonds is 4. The average Bonchev–Trinajstić information content (AvgIpc) is 2.91. The molecule has 0 fully saturated rings. The largest absolute Gasteiger partial charge is 0.508 e. The van der Waals surface area contributed by atoms with Crippen LogP contribution in [0.25, 0.3) is 0 Å². The standard InChI is InChI=1S/C18H22N2O/c1-3-19-13(2)16-9-8-15(12-18(16)21)20-11-10-14-6-4-5-7-17(14)20/h4-9,12-13,19,21H,3,10-11H2,1-2H3. The number of phenols is 1. The molecule has 0 aliphatic carbocycles. The fraction of sp³-hybridized carbons (Fsp3) is 0.333. The normalized spacial score (nSPS) is 15.0. The van der Waals surface area contributed by atoms with Crippen LogP contribution in [0.2, 0.25) is 0 Å². The third-order valence-electron chi connectivity index (χ3n) is 4.19. The number of fused-ring (bicyclic) bond motifs is 1. The van der Waals surface area contributed by atoms with Crippen molar-refractivity contribution < 1.29 is 5.11 Å². The van der Waals surface area contributed by atoms with Gasteiger partial charge in [0.05, 0.1) is 0 Å². The van der Waals surface area contributed by atoms with Gasteiger partial charge in [-0.2, -0.15) is 0 Å². The molecule has 0 spiro atoms. The highest BCUT2D eigenvalue weighted by Gasteiger charge is 2.21. The summed E-state index contributed by atoms with van der Waals surface area (Å²) in [4.78, 5) is 2.27. The van der Waals surface area contributed by atoms with E-state index in [-0.39, 0.29) is 6.04 Å². The zero-order chi connectivity index (χ0) is 14.8. The second kappa shape index (κ2) is 5.78. The Morgan fingerprint density at radius 3 is 2.81 bits per heavy atom. The summed E-state index contributed by atoms with van der Waals surface area (Å²) in [6.07, 6.45) is 1.06. The predicted octanol–water partition coefficient (Wildman–Crippen LogP) is 3.76. The molecule has 1 heterocycles. The van der Waals surface area contributed by atoms with Gasteiger partial charge in [-0.3, -0.25) is 0 Å². The summed E-state index contributed by atoms with van der Waals surface area (Å²) in [6.45, 7) is 6.01. The fourth-order valence-electron chi connectivity index (χ4n) is 3.09. The van der Waals surface area contributed by atoms with Gasteiger partial charge in [-0.1, -0.05) is 31.2 Å². The van der Waals surface area contributed by atoms with Crippen molar-refractivity contribution in [2.24, 2.45) is 0 Å². The zero-order valence-corrected chi connectivity index (χ0v) is 12.6. The van der Waals surface area contributed by atoms with Gasteiger partial charge >= 0.3 is 0 Å². The van der Waals surface area contributed by atoms with E-state index < -0.39 is 0 Å². The number of aromatic hydroxyl groups is 1. The van der Waals surface area contributed by atoms with E-state index in [1.54, 1.807) is 0 Å². The van der Waals surface area contributed by atoms with Crippen molar-refractivity contribution in [3.05, 3.63) is 53.6 Å². The second-order valence-corrected chi connectivity index (χ2v) is 5.55. The SMILES string of the molecule is CCNC(C)c1ccc(N2CCc3ccccc32)cc1O. The number of hydrogen-bond donors (Lipinski definition) is 2. The van der Waals surface area contributed by atoms with Crippen LogP contribution in [0.3, 0.4) is 0 Å². The lowest BCUT2D eigenvalue weighted by Crippen LogP contribution is -2.18. The molecular weight excluding hydrogens is 260 g/mol. The van der Waals surface area contributed by atoms with Gasteiger partial charge in [0.25, 0.3) is 0 Å². The minimum Gasteiger partial charge on any atom is -0.508 e. The van der Waals surface area contributed by atoms with E-state index >= 15 is 0 Å². The van der Waals surface area contributed by atoms with Crippen molar-refractivity contribution in [1.82, 2.24) is 5.32 Å². The van der Waals surface area contributed by atoms with Crippen LogP contribution in [0.1, 0.15) is 31.0 Å². The fourth-order valence-corrected chi connectivity index (χ4v) is 3.09. The smallest absolute Gasteiger partial charge is 0.122 e. The lowest BCUT2D eigenvalue weighted by molar-refractivity contribution is 0.455. The minimum absolute atomic E-state index is 0.162. The van der Waals surface area contributed by atoms with E-state index in [0.29, 0.717) is 5.75 Å². The van der Waals surface area contributed by atoms with E-state index in [4.69, 9.17) is 0 Å². The molecule has 3 nitrogen and oxygen atoms in total. The van der Waals surface area contributed by atoms with Crippen LogP contribution >= 0.6 is 0 Å². The van der Waals surface area contributed by atoms with E-state index in [1.807, 2.05) is 12.1 Å². The van der Waals surface area contributed by atoms with Crippen LogP contribution in [0, 0.1) is 0 Å². The van der Waals surface area contributed by atoms with Gasteiger partial charge in [0.15, 0.2) is 0 Å². The molecule has 1 unspecified atom stereocenters. The number of phenolic OH excluding ortho intramolecular Hbond substituents is 1. The molecule has 0 amide bonds.